The first-order valence-electron chi connectivity index (χ1n) is 7.62. The summed E-state index contributed by atoms with van der Waals surface area (Å²) < 4.78 is 13.6. The molecule has 0 fully saturated rings. The third-order valence-electron chi connectivity index (χ3n) is 3.57. The third kappa shape index (κ3) is 4.39. The summed E-state index contributed by atoms with van der Waals surface area (Å²) in [7, 11) is 0. The van der Waals surface area contributed by atoms with E-state index in [4.69, 9.17) is 5.11 Å². The van der Waals surface area contributed by atoms with E-state index in [9.17, 15) is 14.0 Å². The predicted octanol–water partition coefficient (Wildman–Crippen LogP) is 2.58. The summed E-state index contributed by atoms with van der Waals surface area (Å²) in [6, 6.07) is 11.6. The van der Waals surface area contributed by atoms with Crippen LogP contribution in [0.15, 0.2) is 48.5 Å². The number of nitrogens with one attached hydrogen (secondary N) is 2. The van der Waals surface area contributed by atoms with Gasteiger partial charge in [0.15, 0.2) is 0 Å². The summed E-state index contributed by atoms with van der Waals surface area (Å²) in [4.78, 5) is 24.0. The van der Waals surface area contributed by atoms with Gasteiger partial charge in [-0.3, -0.25) is 9.59 Å². The van der Waals surface area contributed by atoms with Crippen LogP contribution in [0.3, 0.4) is 0 Å². The summed E-state index contributed by atoms with van der Waals surface area (Å²) in [5.41, 5.74) is 0.813. The first-order chi connectivity index (χ1) is 11.5. The monoisotopic (exact) mass is 330 g/mol. The fourth-order valence-corrected chi connectivity index (χ4v) is 2.09. The van der Waals surface area contributed by atoms with Crippen LogP contribution in [-0.4, -0.2) is 29.6 Å². The Kier molecular flexibility index (Phi) is 6.03. The molecule has 6 heteroatoms. The van der Waals surface area contributed by atoms with Gasteiger partial charge >= 0.3 is 0 Å². The summed E-state index contributed by atoms with van der Waals surface area (Å²) in [6.45, 7) is 1.74. The van der Waals surface area contributed by atoms with E-state index in [-0.39, 0.29) is 24.1 Å². The number of aliphatic hydroxyl groups is 1. The Labute approximate surface area is 139 Å². The molecule has 5 nitrogen and oxygen atoms in total. The Bertz CT molecular complexity index is 712. The predicted molar refractivity (Wildman–Crippen MR) is 89.4 cm³/mol. The largest absolute Gasteiger partial charge is 0.394 e. The van der Waals surface area contributed by atoms with Crippen molar-refractivity contribution in [2.24, 2.45) is 0 Å². The van der Waals surface area contributed by atoms with Gasteiger partial charge < -0.3 is 15.7 Å². The van der Waals surface area contributed by atoms with E-state index in [0.717, 1.165) is 0 Å². The van der Waals surface area contributed by atoms with E-state index in [1.54, 1.807) is 30.3 Å². The highest BCUT2D eigenvalue weighted by Crippen LogP contribution is 2.13. The van der Waals surface area contributed by atoms with Crippen LogP contribution in [0.25, 0.3) is 0 Å². The molecule has 0 aliphatic rings. The molecule has 1 atom stereocenters. The molecule has 24 heavy (non-hydrogen) atoms. The lowest BCUT2D eigenvalue weighted by molar-refractivity contribution is 0.0914. The molecule has 0 spiro atoms. The second-order valence-electron chi connectivity index (χ2n) is 5.27. The smallest absolute Gasteiger partial charge is 0.258 e. The quantitative estimate of drug-likeness (QED) is 0.762. The van der Waals surface area contributed by atoms with Gasteiger partial charge in [0, 0.05) is 11.3 Å². The molecule has 0 radical (unpaired) electrons. The minimum Gasteiger partial charge on any atom is -0.394 e. The zero-order valence-corrected chi connectivity index (χ0v) is 13.3. The van der Waals surface area contributed by atoms with E-state index < -0.39 is 11.7 Å². The average molecular weight is 330 g/mol. The number of hydrogen-bond acceptors (Lipinski definition) is 3. The first-order valence-corrected chi connectivity index (χ1v) is 7.62. The number of carbonyl (C=O) groups is 2. The van der Waals surface area contributed by atoms with Crippen LogP contribution < -0.4 is 10.6 Å². The molecule has 0 aliphatic carbocycles. The minimum atomic E-state index is -0.597. The molecule has 2 rings (SSSR count). The summed E-state index contributed by atoms with van der Waals surface area (Å²) in [6.07, 6.45) is 0.624. The Hall–Kier alpha value is -2.73. The van der Waals surface area contributed by atoms with E-state index in [0.29, 0.717) is 17.7 Å². The highest BCUT2D eigenvalue weighted by molar-refractivity contribution is 6.04. The van der Waals surface area contributed by atoms with Crippen molar-refractivity contribution in [1.29, 1.82) is 0 Å². The van der Waals surface area contributed by atoms with Crippen molar-refractivity contribution in [3.8, 4) is 0 Å². The molecule has 0 aliphatic heterocycles. The Morgan fingerprint density at radius 1 is 1.08 bits per heavy atom. The van der Waals surface area contributed by atoms with Crippen LogP contribution in [0.4, 0.5) is 10.1 Å². The molecular weight excluding hydrogens is 311 g/mol. The number of anilines is 1. The SMILES string of the molecule is CCC(CO)NC(=O)c1ccc(NC(=O)c2ccccc2F)cc1. The molecule has 0 saturated heterocycles. The molecule has 1 unspecified atom stereocenters. The van der Waals surface area contributed by atoms with Crippen LogP contribution in [-0.2, 0) is 0 Å². The number of benzene rings is 2. The van der Waals surface area contributed by atoms with E-state index in [2.05, 4.69) is 10.6 Å². The molecule has 126 valence electrons. The van der Waals surface area contributed by atoms with Gasteiger partial charge in [0.1, 0.15) is 5.82 Å². The number of rotatable bonds is 6. The summed E-state index contributed by atoms with van der Waals surface area (Å²) in [5.74, 6) is -1.46. The maximum atomic E-state index is 13.6. The van der Waals surface area contributed by atoms with Gasteiger partial charge in [0.2, 0.25) is 0 Å². The lowest BCUT2D eigenvalue weighted by Gasteiger charge is -2.14. The summed E-state index contributed by atoms with van der Waals surface area (Å²) in [5, 5.41) is 14.4. The van der Waals surface area contributed by atoms with Gasteiger partial charge in [0.25, 0.3) is 11.8 Å². The highest BCUT2D eigenvalue weighted by atomic mass is 19.1. The van der Waals surface area contributed by atoms with E-state index in [1.165, 1.54) is 18.2 Å². The number of halogens is 1. The van der Waals surface area contributed by atoms with Crippen LogP contribution in [0, 0.1) is 5.82 Å². The molecule has 0 heterocycles. The second-order valence-corrected chi connectivity index (χ2v) is 5.27. The molecular formula is C18H19FN2O3. The Morgan fingerprint density at radius 3 is 2.33 bits per heavy atom. The van der Waals surface area contributed by atoms with Crippen molar-refractivity contribution in [1.82, 2.24) is 5.32 Å². The van der Waals surface area contributed by atoms with Crippen LogP contribution >= 0.6 is 0 Å². The van der Waals surface area contributed by atoms with Gasteiger partial charge in [-0.15, -0.1) is 0 Å². The van der Waals surface area contributed by atoms with Gasteiger partial charge in [0.05, 0.1) is 18.2 Å². The van der Waals surface area contributed by atoms with Gasteiger partial charge in [-0.05, 0) is 42.8 Å². The van der Waals surface area contributed by atoms with Crippen molar-refractivity contribution in [2.45, 2.75) is 19.4 Å². The maximum absolute atomic E-state index is 13.6. The van der Waals surface area contributed by atoms with E-state index >= 15 is 0 Å². The van der Waals surface area contributed by atoms with Gasteiger partial charge in [-0.1, -0.05) is 19.1 Å². The van der Waals surface area contributed by atoms with Gasteiger partial charge in [-0.2, -0.15) is 0 Å². The Morgan fingerprint density at radius 2 is 1.75 bits per heavy atom. The number of amides is 2. The van der Waals surface area contributed by atoms with Crippen molar-refractivity contribution in [3.05, 3.63) is 65.5 Å². The summed E-state index contributed by atoms with van der Waals surface area (Å²) >= 11 is 0. The second kappa shape index (κ2) is 8.21. The topological polar surface area (TPSA) is 78.4 Å². The fraction of sp³-hybridized carbons (Fsp3) is 0.222. The molecule has 2 aromatic carbocycles. The van der Waals surface area contributed by atoms with Crippen molar-refractivity contribution in [2.75, 3.05) is 11.9 Å². The number of hydrogen-bond donors (Lipinski definition) is 3. The normalized spacial score (nSPS) is 11.6. The average Bonchev–Trinajstić information content (AvgIpc) is 2.60. The molecule has 3 N–H and O–H groups in total. The Balaban J connectivity index is 2.03. The highest BCUT2D eigenvalue weighted by Gasteiger charge is 2.13. The van der Waals surface area contributed by atoms with Crippen molar-refractivity contribution < 1.29 is 19.1 Å². The zero-order valence-electron chi connectivity index (χ0n) is 13.3. The van der Waals surface area contributed by atoms with Crippen LogP contribution in [0.5, 0.6) is 0 Å². The number of aliphatic hydroxyl groups excluding tert-OH is 1. The molecule has 0 saturated carbocycles. The fourth-order valence-electron chi connectivity index (χ4n) is 2.09. The maximum Gasteiger partial charge on any atom is 0.258 e. The zero-order chi connectivity index (χ0) is 17.5. The molecule has 0 aromatic heterocycles. The van der Waals surface area contributed by atoms with E-state index in [1.807, 2.05) is 6.92 Å². The first kappa shape index (κ1) is 17.6. The number of carbonyl (C=O) groups excluding carboxylic acids is 2. The van der Waals surface area contributed by atoms with Gasteiger partial charge in [-0.25, -0.2) is 4.39 Å². The molecule has 2 aromatic rings. The lowest BCUT2D eigenvalue weighted by Crippen LogP contribution is -2.36. The molecule has 2 amide bonds. The van der Waals surface area contributed by atoms with Crippen molar-refractivity contribution in [3.63, 3.8) is 0 Å². The standard InChI is InChI=1S/C18H19FN2O3/c1-2-13(11-22)20-17(23)12-7-9-14(10-8-12)21-18(24)15-5-3-4-6-16(15)19/h3-10,13,22H,2,11H2,1H3,(H,20,23)(H,21,24). The van der Waals surface area contributed by atoms with Crippen molar-refractivity contribution >= 4 is 17.5 Å². The lowest BCUT2D eigenvalue weighted by atomic mass is 10.1. The van der Waals surface area contributed by atoms with Crippen LogP contribution in [0.2, 0.25) is 0 Å². The molecule has 0 bridgehead atoms. The third-order valence-corrected chi connectivity index (χ3v) is 3.57. The van der Waals surface area contributed by atoms with Crippen LogP contribution in [0.1, 0.15) is 34.1 Å². The minimum absolute atomic E-state index is 0.0481.